The number of hydrogen-bond donors (Lipinski definition) is 1. The number of nitrogens with two attached hydrogens (primary N) is 1. The molecule has 0 saturated carbocycles. The third-order valence-corrected chi connectivity index (χ3v) is 4.38. The number of rotatable bonds is 1. The zero-order chi connectivity index (χ0) is 12.7. The van der Waals surface area contributed by atoms with Crippen molar-refractivity contribution in [3.8, 4) is 11.1 Å². The van der Waals surface area contributed by atoms with E-state index in [0.717, 1.165) is 5.00 Å². The van der Waals surface area contributed by atoms with Crippen molar-refractivity contribution in [3.05, 3.63) is 39.3 Å². The van der Waals surface area contributed by atoms with E-state index in [0.29, 0.717) is 0 Å². The molecule has 0 unspecified atom stereocenters. The first-order valence-electron chi connectivity index (χ1n) is 5.85. The molecular weight excluding hydrogens is 226 g/mol. The highest BCUT2D eigenvalue weighted by atomic mass is 32.1. The van der Waals surface area contributed by atoms with Gasteiger partial charge in [-0.3, -0.25) is 0 Å². The van der Waals surface area contributed by atoms with Gasteiger partial charge in [-0.1, -0.05) is 17.7 Å². The van der Waals surface area contributed by atoms with Crippen LogP contribution in [0.4, 0.5) is 5.00 Å². The van der Waals surface area contributed by atoms with Crippen molar-refractivity contribution < 1.29 is 0 Å². The maximum absolute atomic E-state index is 6.17. The SMILES string of the molecule is Cc1cc(C)c(-c2c(N)sc(C)c2C)c(C)c1. The van der Waals surface area contributed by atoms with Crippen LogP contribution >= 0.6 is 11.3 Å². The van der Waals surface area contributed by atoms with E-state index >= 15 is 0 Å². The summed E-state index contributed by atoms with van der Waals surface area (Å²) in [5.41, 5.74) is 14.0. The van der Waals surface area contributed by atoms with E-state index in [1.54, 1.807) is 11.3 Å². The van der Waals surface area contributed by atoms with Crippen LogP contribution in [0, 0.1) is 34.6 Å². The second kappa shape index (κ2) is 4.19. The van der Waals surface area contributed by atoms with Gasteiger partial charge in [0, 0.05) is 10.4 Å². The highest BCUT2D eigenvalue weighted by Crippen LogP contribution is 2.41. The quantitative estimate of drug-likeness (QED) is 0.784. The van der Waals surface area contributed by atoms with Crippen LogP contribution in [-0.2, 0) is 0 Å². The second-order valence-corrected chi connectivity index (χ2v) is 6.05. The van der Waals surface area contributed by atoms with E-state index in [1.165, 1.54) is 38.3 Å². The molecule has 1 aromatic heterocycles. The van der Waals surface area contributed by atoms with Crippen molar-refractivity contribution in [2.24, 2.45) is 0 Å². The van der Waals surface area contributed by atoms with E-state index < -0.39 is 0 Å². The average molecular weight is 245 g/mol. The molecule has 1 heterocycles. The molecule has 0 aliphatic heterocycles. The van der Waals surface area contributed by atoms with Crippen LogP contribution in [0.15, 0.2) is 12.1 Å². The predicted molar refractivity (Wildman–Crippen MR) is 77.9 cm³/mol. The maximum atomic E-state index is 6.17. The van der Waals surface area contributed by atoms with E-state index in [4.69, 9.17) is 5.73 Å². The average Bonchev–Trinajstić information content (AvgIpc) is 2.43. The van der Waals surface area contributed by atoms with E-state index in [-0.39, 0.29) is 0 Å². The normalized spacial score (nSPS) is 10.9. The van der Waals surface area contributed by atoms with Gasteiger partial charge in [0.25, 0.3) is 0 Å². The number of hydrogen-bond acceptors (Lipinski definition) is 2. The first-order chi connectivity index (χ1) is 7.91. The summed E-state index contributed by atoms with van der Waals surface area (Å²) in [5.74, 6) is 0. The third kappa shape index (κ3) is 1.98. The molecule has 17 heavy (non-hydrogen) atoms. The Morgan fingerprint density at radius 2 is 1.41 bits per heavy atom. The van der Waals surface area contributed by atoms with Crippen LogP contribution in [0.25, 0.3) is 11.1 Å². The topological polar surface area (TPSA) is 26.0 Å². The van der Waals surface area contributed by atoms with Gasteiger partial charge in [-0.05, 0) is 56.9 Å². The van der Waals surface area contributed by atoms with Crippen molar-refractivity contribution in [1.82, 2.24) is 0 Å². The van der Waals surface area contributed by atoms with E-state index in [1.807, 2.05) is 0 Å². The van der Waals surface area contributed by atoms with Crippen LogP contribution in [-0.4, -0.2) is 0 Å². The minimum atomic E-state index is 0.940. The molecule has 2 N–H and O–H groups in total. The highest BCUT2D eigenvalue weighted by molar-refractivity contribution is 7.16. The number of aryl methyl sites for hydroxylation is 4. The highest BCUT2D eigenvalue weighted by Gasteiger charge is 2.16. The second-order valence-electron chi connectivity index (χ2n) is 4.80. The first kappa shape index (κ1) is 12.2. The lowest BCUT2D eigenvalue weighted by Gasteiger charge is -2.12. The number of nitrogen functional groups attached to an aromatic ring is 1. The van der Waals surface area contributed by atoms with Crippen molar-refractivity contribution in [2.75, 3.05) is 5.73 Å². The van der Waals surface area contributed by atoms with Gasteiger partial charge < -0.3 is 5.73 Å². The molecule has 2 heteroatoms. The third-order valence-electron chi connectivity index (χ3n) is 3.34. The van der Waals surface area contributed by atoms with Gasteiger partial charge in [-0.2, -0.15) is 0 Å². The van der Waals surface area contributed by atoms with Crippen LogP contribution in [0.2, 0.25) is 0 Å². The fraction of sp³-hybridized carbons (Fsp3) is 0.333. The minimum Gasteiger partial charge on any atom is -0.390 e. The van der Waals surface area contributed by atoms with E-state index in [2.05, 4.69) is 46.8 Å². The van der Waals surface area contributed by atoms with Crippen LogP contribution in [0.1, 0.15) is 27.1 Å². The van der Waals surface area contributed by atoms with Gasteiger partial charge in [0.1, 0.15) is 0 Å². The largest absolute Gasteiger partial charge is 0.390 e. The van der Waals surface area contributed by atoms with Crippen molar-refractivity contribution in [1.29, 1.82) is 0 Å². The summed E-state index contributed by atoms with van der Waals surface area (Å²) < 4.78 is 0. The lowest BCUT2D eigenvalue weighted by molar-refractivity contribution is 1.31. The van der Waals surface area contributed by atoms with E-state index in [9.17, 15) is 0 Å². The predicted octanol–water partition coefficient (Wildman–Crippen LogP) is 4.54. The zero-order valence-electron chi connectivity index (χ0n) is 11.1. The molecule has 0 bridgehead atoms. The molecule has 0 saturated heterocycles. The Morgan fingerprint density at radius 1 is 0.882 bits per heavy atom. The number of thiophene rings is 1. The van der Waals surface area contributed by atoms with Gasteiger partial charge in [-0.25, -0.2) is 0 Å². The molecule has 90 valence electrons. The van der Waals surface area contributed by atoms with Crippen molar-refractivity contribution in [2.45, 2.75) is 34.6 Å². The first-order valence-corrected chi connectivity index (χ1v) is 6.67. The molecule has 0 aliphatic carbocycles. The van der Waals surface area contributed by atoms with Gasteiger partial charge >= 0.3 is 0 Å². The summed E-state index contributed by atoms with van der Waals surface area (Å²) in [6, 6.07) is 4.46. The van der Waals surface area contributed by atoms with Gasteiger partial charge in [0.15, 0.2) is 0 Å². The molecular formula is C15H19NS. The standard InChI is InChI=1S/C15H19NS/c1-8-6-9(2)13(10(3)7-8)14-11(4)12(5)17-15(14)16/h6-7H,16H2,1-5H3. The molecule has 0 amide bonds. The molecule has 2 rings (SSSR count). The zero-order valence-corrected chi connectivity index (χ0v) is 12.0. The summed E-state index contributed by atoms with van der Waals surface area (Å²) in [4.78, 5) is 1.32. The Kier molecular flexibility index (Phi) is 3.00. The lowest BCUT2D eigenvalue weighted by atomic mass is 9.92. The van der Waals surface area contributed by atoms with Crippen molar-refractivity contribution in [3.63, 3.8) is 0 Å². The Bertz CT molecular complexity index is 556. The van der Waals surface area contributed by atoms with Crippen LogP contribution in [0.3, 0.4) is 0 Å². The molecule has 0 aliphatic rings. The smallest absolute Gasteiger partial charge is 0.0941 e. The Labute approximate surface area is 107 Å². The molecule has 0 fully saturated rings. The van der Waals surface area contributed by atoms with Crippen LogP contribution in [0.5, 0.6) is 0 Å². The molecule has 0 radical (unpaired) electrons. The lowest BCUT2D eigenvalue weighted by Crippen LogP contribution is -1.93. The van der Waals surface area contributed by atoms with Crippen molar-refractivity contribution >= 4 is 16.3 Å². The molecule has 2 aromatic rings. The monoisotopic (exact) mass is 245 g/mol. The molecule has 0 spiro atoms. The maximum Gasteiger partial charge on any atom is 0.0941 e. The van der Waals surface area contributed by atoms with Gasteiger partial charge in [-0.15, -0.1) is 11.3 Å². The Balaban J connectivity index is 2.77. The summed E-state index contributed by atoms with van der Waals surface area (Å²) in [5, 5.41) is 0.940. The summed E-state index contributed by atoms with van der Waals surface area (Å²) in [6.07, 6.45) is 0. The minimum absolute atomic E-state index is 0.940. The summed E-state index contributed by atoms with van der Waals surface area (Å²) >= 11 is 1.69. The fourth-order valence-electron chi connectivity index (χ4n) is 2.54. The Hall–Kier alpha value is -1.28. The summed E-state index contributed by atoms with van der Waals surface area (Å²) in [6.45, 7) is 10.8. The molecule has 0 atom stereocenters. The molecule has 1 aromatic carbocycles. The summed E-state index contributed by atoms with van der Waals surface area (Å²) in [7, 11) is 0. The van der Waals surface area contributed by atoms with Gasteiger partial charge in [0.2, 0.25) is 0 Å². The number of anilines is 1. The van der Waals surface area contributed by atoms with Gasteiger partial charge in [0.05, 0.1) is 5.00 Å². The molecule has 1 nitrogen and oxygen atoms in total. The fourth-order valence-corrected chi connectivity index (χ4v) is 3.48. The van der Waals surface area contributed by atoms with Crippen LogP contribution < -0.4 is 5.73 Å². The number of benzene rings is 1. The Morgan fingerprint density at radius 3 is 1.82 bits per heavy atom.